The van der Waals surface area contributed by atoms with Gasteiger partial charge in [0.1, 0.15) is 5.60 Å². The van der Waals surface area contributed by atoms with Crippen molar-refractivity contribution in [2.24, 2.45) is 5.11 Å². The summed E-state index contributed by atoms with van der Waals surface area (Å²) in [5.74, 6) is -0.614. The summed E-state index contributed by atoms with van der Waals surface area (Å²) in [5, 5.41) is 5.87. The van der Waals surface area contributed by atoms with Crippen LogP contribution in [0.25, 0.3) is 10.4 Å². The van der Waals surface area contributed by atoms with Gasteiger partial charge in [0.15, 0.2) is 0 Å². The fraction of sp³-hybridized carbons (Fsp3) is 0.385. The van der Waals surface area contributed by atoms with Gasteiger partial charge in [-0.25, -0.2) is 9.59 Å². The Kier molecular flexibility index (Phi) is 5.15. The lowest BCUT2D eigenvalue weighted by Crippen LogP contribution is -2.27. The van der Waals surface area contributed by atoms with Crippen LogP contribution >= 0.6 is 0 Å². The van der Waals surface area contributed by atoms with Crippen molar-refractivity contribution in [2.75, 3.05) is 12.4 Å². The minimum absolute atomic E-state index is 0.147. The standard InChI is InChI=1S/C13H16N4O4/c1-13(2,3)21-12(19)15-9-5-8(11(18)20-4)6-10(7-9)16-17-14/h5-7H,1-4H3,(H,15,19). The maximum atomic E-state index is 11.7. The first-order valence-electron chi connectivity index (χ1n) is 6.03. The van der Waals surface area contributed by atoms with Gasteiger partial charge in [0.2, 0.25) is 0 Å². The molecule has 0 aromatic heterocycles. The summed E-state index contributed by atoms with van der Waals surface area (Å²) in [6, 6.07) is 4.16. The first-order valence-corrected chi connectivity index (χ1v) is 6.03. The van der Waals surface area contributed by atoms with Crippen LogP contribution in [0.3, 0.4) is 0 Å². The number of methoxy groups -OCH3 is 1. The van der Waals surface area contributed by atoms with E-state index in [1.807, 2.05) is 0 Å². The van der Waals surface area contributed by atoms with Gasteiger partial charge in [-0.05, 0) is 44.5 Å². The number of benzene rings is 1. The molecule has 0 aliphatic carbocycles. The Labute approximate surface area is 121 Å². The van der Waals surface area contributed by atoms with Crippen LogP contribution in [-0.4, -0.2) is 24.8 Å². The summed E-state index contributed by atoms with van der Waals surface area (Å²) in [5.41, 5.74) is 8.39. The summed E-state index contributed by atoms with van der Waals surface area (Å²) >= 11 is 0. The van der Waals surface area contributed by atoms with Gasteiger partial charge in [-0.1, -0.05) is 5.11 Å². The quantitative estimate of drug-likeness (QED) is 0.395. The molecule has 0 aliphatic heterocycles. The molecule has 0 saturated carbocycles. The molecule has 1 N–H and O–H groups in total. The van der Waals surface area contributed by atoms with E-state index in [1.165, 1.54) is 25.3 Å². The fourth-order valence-corrected chi connectivity index (χ4v) is 1.45. The van der Waals surface area contributed by atoms with E-state index < -0.39 is 17.7 Å². The number of carbonyl (C=O) groups is 2. The summed E-state index contributed by atoms with van der Waals surface area (Å²) < 4.78 is 9.69. The molecule has 0 saturated heterocycles. The van der Waals surface area contributed by atoms with Crippen molar-refractivity contribution < 1.29 is 19.1 Å². The van der Waals surface area contributed by atoms with Crippen molar-refractivity contribution in [3.63, 3.8) is 0 Å². The van der Waals surface area contributed by atoms with E-state index in [0.29, 0.717) is 0 Å². The lowest BCUT2D eigenvalue weighted by Gasteiger charge is -2.19. The number of azide groups is 1. The number of hydrogen-bond donors (Lipinski definition) is 1. The zero-order valence-electron chi connectivity index (χ0n) is 12.2. The number of ether oxygens (including phenoxy) is 2. The molecule has 8 nitrogen and oxygen atoms in total. The molecule has 0 radical (unpaired) electrons. The first kappa shape index (κ1) is 16.3. The molecule has 0 fully saturated rings. The van der Waals surface area contributed by atoms with Crippen LogP contribution in [0, 0.1) is 0 Å². The second kappa shape index (κ2) is 6.62. The molecule has 0 heterocycles. The SMILES string of the molecule is COC(=O)c1cc(N=[N+]=[N-])cc(NC(=O)OC(C)(C)C)c1. The summed E-state index contributed by atoms with van der Waals surface area (Å²) in [7, 11) is 1.23. The Morgan fingerprint density at radius 3 is 2.48 bits per heavy atom. The normalized spacial score (nSPS) is 10.3. The largest absolute Gasteiger partial charge is 0.465 e. The van der Waals surface area contributed by atoms with Gasteiger partial charge < -0.3 is 9.47 Å². The molecule has 21 heavy (non-hydrogen) atoms. The van der Waals surface area contributed by atoms with Crippen LogP contribution in [0.2, 0.25) is 0 Å². The number of carbonyl (C=O) groups excluding carboxylic acids is 2. The topological polar surface area (TPSA) is 113 Å². The van der Waals surface area contributed by atoms with Gasteiger partial charge in [0.05, 0.1) is 12.7 Å². The van der Waals surface area contributed by atoms with E-state index in [-0.39, 0.29) is 16.9 Å². The van der Waals surface area contributed by atoms with Crippen LogP contribution in [0.15, 0.2) is 23.3 Å². The minimum atomic E-state index is -0.684. The number of anilines is 1. The molecule has 0 spiro atoms. The molecule has 0 aliphatic rings. The lowest BCUT2D eigenvalue weighted by molar-refractivity contribution is 0.0596. The second-order valence-electron chi connectivity index (χ2n) is 5.08. The van der Waals surface area contributed by atoms with Gasteiger partial charge in [0, 0.05) is 16.3 Å². The van der Waals surface area contributed by atoms with Gasteiger partial charge in [-0.2, -0.15) is 0 Å². The summed E-state index contributed by atoms with van der Waals surface area (Å²) in [6.45, 7) is 5.18. The van der Waals surface area contributed by atoms with Crippen molar-refractivity contribution in [1.82, 2.24) is 0 Å². The van der Waals surface area contributed by atoms with Gasteiger partial charge >= 0.3 is 12.1 Å². The Bertz CT molecular complexity index is 601. The Balaban J connectivity index is 3.05. The van der Waals surface area contributed by atoms with E-state index in [1.54, 1.807) is 20.8 Å². The highest BCUT2D eigenvalue weighted by Gasteiger charge is 2.17. The van der Waals surface area contributed by atoms with E-state index in [2.05, 4.69) is 20.1 Å². The smallest absolute Gasteiger partial charge is 0.412 e. The second-order valence-corrected chi connectivity index (χ2v) is 5.08. The van der Waals surface area contributed by atoms with E-state index in [9.17, 15) is 9.59 Å². The summed E-state index contributed by atoms with van der Waals surface area (Å²) in [4.78, 5) is 25.9. The average Bonchev–Trinajstić information content (AvgIpc) is 2.35. The highest BCUT2D eigenvalue weighted by Crippen LogP contribution is 2.23. The highest BCUT2D eigenvalue weighted by molar-refractivity contribution is 5.94. The molecule has 1 rings (SSSR count). The number of amides is 1. The molecular formula is C13H16N4O4. The monoisotopic (exact) mass is 292 g/mol. The van der Waals surface area contributed by atoms with Gasteiger partial charge in [-0.3, -0.25) is 5.32 Å². The van der Waals surface area contributed by atoms with Crippen LogP contribution in [0.4, 0.5) is 16.2 Å². The fourth-order valence-electron chi connectivity index (χ4n) is 1.45. The molecule has 8 heteroatoms. The van der Waals surface area contributed by atoms with E-state index in [4.69, 9.17) is 10.3 Å². The van der Waals surface area contributed by atoms with E-state index in [0.717, 1.165) is 0 Å². The maximum Gasteiger partial charge on any atom is 0.412 e. The number of nitrogens with one attached hydrogen (secondary N) is 1. The van der Waals surface area contributed by atoms with Crippen LogP contribution in [0.5, 0.6) is 0 Å². The minimum Gasteiger partial charge on any atom is -0.465 e. The van der Waals surface area contributed by atoms with E-state index >= 15 is 0 Å². The summed E-state index contributed by atoms with van der Waals surface area (Å²) in [6.07, 6.45) is -0.684. The Morgan fingerprint density at radius 2 is 1.95 bits per heavy atom. The maximum absolute atomic E-state index is 11.7. The number of nitrogens with zero attached hydrogens (tertiary/aromatic N) is 3. The predicted octanol–water partition coefficient (Wildman–Crippen LogP) is 3.76. The van der Waals surface area contributed by atoms with Crippen molar-refractivity contribution >= 4 is 23.4 Å². The van der Waals surface area contributed by atoms with Crippen molar-refractivity contribution in [2.45, 2.75) is 26.4 Å². The van der Waals surface area contributed by atoms with Crippen LogP contribution < -0.4 is 5.32 Å². The molecule has 0 atom stereocenters. The predicted molar refractivity (Wildman–Crippen MR) is 76.4 cm³/mol. The molecular weight excluding hydrogens is 276 g/mol. The third-order valence-corrected chi connectivity index (χ3v) is 2.14. The van der Waals surface area contributed by atoms with Crippen molar-refractivity contribution in [3.05, 3.63) is 34.2 Å². The third-order valence-electron chi connectivity index (χ3n) is 2.14. The molecule has 1 aromatic carbocycles. The molecule has 0 unspecified atom stereocenters. The zero-order chi connectivity index (χ0) is 16.0. The zero-order valence-corrected chi connectivity index (χ0v) is 12.2. The molecule has 0 bridgehead atoms. The van der Waals surface area contributed by atoms with Crippen molar-refractivity contribution in [3.8, 4) is 0 Å². The Morgan fingerprint density at radius 1 is 1.29 bits per heavy atom. The number of esters is 1. The van der Waals surface area contributed by atoms with Crippen LogP contribution in [-0.2, 0) is 9.47 Å². The first-order chi connectivity index (χ1) is 9.75. The van der Waals surface area contributed by atoms with Gasteiger partial charge in [0.25, 0.3) is 0 Å². The highest BCUT2D eigenvalue weighted by atomic mass is 16.6. The molecule has 112 valence electrons. The van der Waals surface area contributed by atoms with Gasteiger partial charge in [-0.15, -0.1) is 0 Å². The Hall–Kier alpha value is -2.73. The van der Waals surface area contributed by atoms with Crippen LogP contribution in [0.1, 0.15) is 31.1 Å². The molecule has 1 aromatic rings. The number of hydrogen-bond acceptors (Lipinski definition) is 5. The third kappa shape index (κ3) is 5.42. The van der Waals surface area contributed by atoms with Crippen molar-refractivity contribution in [1.29, 1.82) is 0 Å². The average molecular weight is 292 g/mol. The molecule has 1 amide bonds. The lowest BCUT2D eigenvalue weighted by atomic mass is 10.1. The number of rotatable bonds is 3.